The van der Waals surface area contributed by atoms with E-state index in [2.05, 4.69) is 10.1 Å². The van der Waals surface area contributed by atoms with Crippen LogP contribution in [0.1, 0.15) is 5.56 Å². The second-order valence-corrected chi connectivity index (χ2v) is 4.95. The number of ether oxygens (including phenoxy) is 1. The normalized spacial score (nSPS) is 11.9. The third-order valence-corrected chi connectivity index (χ3v) is 3.40. The number of halogens is 3. The summed E-state index contributed by atoms with van der Waals surface area (Å²) in [6, 6.07) is 2.38. The molecule has 0 fully saturated rings. The van der Waals surface area contributed by atoms with Crippen LogP contribution in [0.5, 0.6) is 5.75 Å². The molecule has 0 saturated heterocycles. The van der Waals surface area contributed by atoms with Crippen LogP contribution in [0.3, 0.4) is 0 Å². The number of alkyl halides is 3. The number of benzene rings is 1. The van der Waals surface area contributed by atoms with Crippen molar-refractivity contribution in [3.63, 3.8) is 0 Å². The first kappa shape index (κ1) is 15.3. The Labute approximate surface area is 108 Å². The van der Waals surface area contributed by atoms with Gasteiger partial charge < -0.3 is 4.74 Å². The van der Waals surface area contributed by atoms with Gasteiger partial charge in [0.1, 0.15) is 17.3 Å². The SMILES string of the molecule is C#CCOc1ccc(S(=O)(=O)OC)c(C(F)(F)F)c1. The Bertz CT molecular complexity index is 599. The second kappa shape index (κ2) is 5.50. The molecule has 19 heavy (non-hydrogen) atoms. The molecule has 0 radical (unpaired) electrons. The fourth-order valence-electron chi connectivity index (χ4n) is 1.25. The quantitative estimate of drug-likeness (QED) is 0.630. The number of hydrogen-bond acceptors (Lipinski definition) is 4. The third-order valence-electron chi connectivity index (χ3n) is 2.07. The summed E-state index contributed by atoms with van der Waals surface area (Å²) in [5.41, 5.74) is -1.37. The van der Waals surface area contributed by atoms with Gasteiger partial charge in [-0.15, -0.1) is 6.42 Å². The largest absolute Gasteiger partial charge is 0.481 e. The van der Waals surface area contributed by atoms with Gasteiger partial charge in [-0.05, 0) is 18.2 Å². The maximum atomic E-state index is 12.8. The van der Waals surface area contributed by atoms with E-state index in [1.54, 1.807) is 0 Å². The van der Waals surface area contributed by atoms with E-state index in [9.17, 15) is 21.6 Å². The Balaban J connectivity index is 3.39. The van der Waals surface area contributed by atoms with Crippen molar-refractivity contribution < 1.29 is 30.5 Å². The van der Waals surface area contributed by atoms with Crippen LogP contribution in [0.25, 0.3) is 0 Å². The Morgan fingerprint density at radius 3 is 2.47 bits per heavy atom. The highest BCUT2D eigenvalue weighted by molar-refractivity contribution is 7.86. The predicted molar refractivity (Wildman–Crippen MR) is 60.0 cm³/mol. The van der Waals surface area contributed by atoms with Crippen LogP contribution in [0, 0.1) is 12.3 Å². The van der Waals surface area contributed by atoms with E-state index < -0.39 is 26.8 Å². The van der Waals surface area contributed by atoms with Crippen molar-refractivity contribution >= 4 is 10.1 Å². The summed E-state index contributed by atoms with van der Waals surface area (Å²) in [5, 5.41) is 0. The maximum Gasteiger partial charge on any atom is 0.417 e. The van der Waals surface area contributed by atoms with Gasteiger partial charge in [-0.1, -0.05) is 5.92 Å². The van der Waals surface area contributed by atoms with Crippen LogP contribution < -0.4 is 4.74 Å². The highest BCUT2D eigenvalue weighted by Gasteiger charge is 2.37. The van der Waals surface area contributed by atoms with Crippen molar-refractivity contribution in [1.82, 2.24) is 0 Å². The molecule has 0 aliphatic heterocycles. The highest BCUT2D eigenvalue weighted by atomic mass is 32.2. The number of rotatable bonds is 4. The lowest BCUT2D eigenvalue weighted by molar-refractivity contribution is -0.140. The summed E-state index contributed by atoms with van der Waals surface area (Å²) in [4.78, 5) is -0.976. The standard InChI is InChI=1S/C11H9F3O4S/c1-3-6-18-8-4-5-10(19(15,16)17-2)9(7-8)11(12,13)14/h1,4-5,7H,6H2,2H3. The average molecular weight is 294 g/mol. The molecule has 8 heteroatoms. The second-order valence-electron chi connectivity index (χ2n) is 3.27. The van der Waals surface area contributed by atoms with Gasteiger partial charge in [0.15, 0.2) is 0 Å². The molecule has 104 valence electrons. The van der Waals surface area contributed by atoms with E-state index in [-0.39, 0.29) is 12.4 Å². The first-order valence-electron chi connectivity index (χ1n) is 4.80. The molecule has 0 aromatic heterocycles. The van der Waals surface area contributed by atoms with Gasteiger partial charge >= 0.3 is 6.18 Å². The van der Waals surface area contributed by atoms with Gasteiger partial charge in [0.25, 0.3) is 10.1 Å². The molecule has 0 N–H and O–H groups in total. The number of terminal acetylenes is 1. The molecule has 0 aliphatic rings. The van der Waals surface area contributed by atoms with Crippen LogP contribution in [0.2, 0.25) is 0 Å². The molecule has 0 amide bonds. The van der Waals surface area contributed by atoms with E-state index in [4.69, 9.17) is 11.2 Å². The molecule has 1 aromatic rings. The van der Waals surface area contributed by atoms with E-state index in [0.717, 1.165) is 19.2 Å². The molecule has 0 spiro atoms. The summed E-state index contributed by atoms with van der Waals surface area (Å²) < 4.78 is 70.1. The van der Waals surface area contributed by atoms with E-state index in [1.165, 1.54) is 0 Å². The molecular formula is C11H9F3O4S. The predicted octanol–water partition coefficient (Wildman–Crippen LogP) is 2.05. The summed E-state index contributed by atoms with van der Waals surface area (Å²) in [7, 11) is -3.69. The van der Waals surface area contributed by atoms with Crippen LogP contribution in [0.15, 0.2) is 23.1 Å². The number of hydrogen-bond donors (Lipinski definition) is 0. The lowest BCUT2D eigenvalue weighted by atomic mass is 10.2. The Kier molecular flexibility index (Phi) is 4.44. The molecule has 0 unspecified atom stereocenters. The zero-order chi connectivity index (χ0) is 14.7. The van der Waals surface area contributed by atoms with Gasteiger partial charge in [0.05, 0.1) is 12.7 Å². The fourth-order valence-corrected chi connectivity index (χ4v) is 2.11. The minimum absolute atomic E-state index is 0.180. The van der Waals surface area contributed by atoms with Crippen molar-refractivity contribution in [3.8, 4) is 18.1 Å². The molecule has 1 rings (SSSR count). The average Bonchev–Trinajstić information content (AvgIpc) is 2.35. The van der Waals surface area contributed by atoms with E-state index in [1.807, 2.05) is 0 Å². The molecular weight excluding hydrogens is 285 g/mol. The van der Waals surface area contributed by atoms with Crippen LogP contribution in [-0.2, 0) is 20.5 Å². The smallest absolute Gasteiger partial charge is 0.417 e. The van der Waals surface area contributed by atoms with Gasteiger partial charge in [-0.3, -0.25) is 4.18 Å². The topological polar surface area (TPSA) is 52.6 Å². The van der Waals surface area contributed by atoms with Gasteiger partial charge in [-0.25, -0.2) is 0 Å². The Morgan fingerprint density at radius 1 is 1.37 bits per heavy atom. The maximum absolute atomic E-state index is 12.8. The zero-order valence-electron chi connectivity index (χ0n) is 9.69. The molecule has 1 aromatic carbocycles. The first-order valence-corrected chi connectivity index (χ1v) is 6.21. The van der Waals surface area contributed by atoms with Crippen LogP contribution in [-0.4, -0.2) is 22.1 Å². The fraction of sp³-hybridized carbons (Fsp3) is 0.273. The first-order chi connectivity index (χ1) is 8.72. The minimum atomic E-state index is -4.86. The van der Waals surface area contributed by atoms with Crippen molar-refractivity contribution in [2.45, 2.75) is 11.1 Å². The Hall–Kier alpha value is -1.72. The van der Waals surface area contributed by atoms with Crippen molar-refractivity contribution in [2.75, 3.05) is 13.7 Å². The molecule has 0 aliphatic carbocycles. The van der Waals surface area contributed by atoms with Crippen molar-refractivity contribution in [3.05, 3.63) is 23.8 Å². The van der Waals surface area contributed by atoms with Crippen LogP contribution >= 0.6 is 0 Å². The van der Waals surface area contributed by atoms with Gasteiger partial charge in [0, 0.05) is 0 Å². The molecule has 0 atom stereocenters. The molecule has 0 saturated carbocycles. The zero-order valence-corrected chi connectivity index (χ0v) is 10.5. The van der Waals surface area contributed by atoms with E-state index >= 15 is 0 Å². The van der Waals surface area contributed by atoms with Crippen molar-refractivity contribution in [1.29, 1.82) is 0 Å². The molecule has 4 nitrogen and oxygen atoms in total. The summed E-state index contributed by atoms with van der Waals surface area (Å²) >= 11 is 0. The summed E-state index contributed by atoms with van der Waals surface area (Å²) in [5.74, 6) is 1.90. The molecule has 0 bridgehead atoms. The van der Waals surface area contributed by atoms with Crippen molar-refractivity contribution in [2.24, 2.45) is 0 Å². The molecule has 0 heterocycles. The third kappa shape index (κ3) is 3.62. The lowest BCUT2D eigenvalue weighted by Crippen LogP contribution is -2.14. The van der Waals surface area contributed by atoms with Crippen LogP contribution in [0.4, 0.5) is 13.2 Å². The van der Waals surface area contributed by atoms with E-state index in [0.29, 0.717) is 6.07 Å². The summed E-state index contributed by atoms with van der Waals surface area (Å²) in [6.45, 7) is -0.229. The Morgan fingerprint density at radius 2 is 2.00 bits per heavy atom. The highest BCUT2D eigenvalue weighted by Crippen LogP contribution is 2.36. The van der Waals surface area contributed by atoms with Gasteiger partial charge in [-0.2, -0.15) is 21.6 Å². The monoisotopic (exact) mass is 294 g/mol. The minimum Gasteiger partial charge on any atom is -0.481 e. The summed E-state index contributed by atoms with van der Waals surface area (Å²) in [6.07, 6.45) is 0.0431. The lowest BCUT2D eigenvalue weighted by Gasteiger charge is -2.13. The van der Waals surface area contributed by atoms with Gasteiger partial charge in [0.2, 0.25) is 0 Å².